The number of hydrogen-bond acceptors (Lipinski definition) is 4. The zero-order valence-corrected chi connectivity index (χ0v) is 17.3. The Morgan fingerprint density at radius 2 is 2.00 bits per heavy atom. The van der Waals surface area contributed by atoms with Gasteiger partial charge in [0, 0.05) is 36.8 Å². The summed E-state index contributed by atoms with van der Waals surface area (Å²) in [5, 5.41) is 11.3. The molecule has 148 valence electrons. The van der Waals surface area contributed by atoms with E-state index in [0.717, 1.165) is 26.3 Å². The maximum Gasteiger partial charge on any atom is 0.0623 e. The van der Waals surface area contributed by atoms with E-state index in [1.165, 1.54) is 24.8 Å². The van der Waals surface area contributed by atoms with Crippen molar-refractivity contribution in [2.75, 3.05) is 26.3 Å². The van der Waals surface area contributed by atoms with Gasteiger partial charge in [-0.05, 0) is 45.1 Å². The van der Waals surface area contributed by atoms with Crippen LogP contribution in [0.2, 0.25) is 0 Å². The molecule has 1 saturated heterocycles. The van der Waals surface area contributed by atoms with Crippen molar-refractivity contribution < 1.29 is 4.74 Å². The standard InChI is InChI=1S/C21H35N3O.ClH/c1-16(17-8-5-4-6-9-17)24-21(2,3)15-23-19-11-7-10-18(19)20-14-25-13-12-22-20;/h4-6,8-9,16,18-20,22-24H,7,10-15H2,1-3H3;1H. The highest BCUT2D eigenvalue weighted by atomic mass is 35.5. The van der Waals surface area contributed by atoms with Gasteiger partial charge in [-0.2, -0.15) is 0 Å². The average molecular weight is 382 g/mol. The van der Waals surface area contributed by atoms with Crippen molar-refractivity contribution in [3.05, 3.63) is 35.9 Å². The molecule has 3 rings (SSSR count). The first-order chi connectivity index (χ1) is 12.1. The van der Waals surface area contributed by atoms with E-state index in [-0.39, 0.29) is 17.9 Å². The SMILES string of the molecule is CC(NC(C)(C)CNC1CCCC1C1COCCN1)c1ccccc1.Cl. The summed E-state index contributed by atoms with van der Waals surface area (Å²) >= 11 is 0. The Bertz CT molecular complexity index is 519. The van der Waals surface area contributed by atoms with Crippen molar-refractivity contribution in [3.63, 3.8) is 0 Å². The highest BCUT2D eigenvalue weighted by Gasteiger charge is 2.35. The summed E-state index contributed by atoms with van der Waals surface area (Å²) < 4.78 is 5.69. The molecule has 26 heavy (non-hydrogen) atoms. The lowest BCUT2D eigenvalue weighted by atomic mass is 9.93. The van der Waals surface area contributed by atoms with Crippen LogP contribution in [0.25, 0.3) is 0 Å². The maximum absolute atomic E-state index is 5.69. The minimum atomic E-state index is 0. The van der Waals surface area contributed by atoms with Crippen LogP contribution in [0.3, 0.4) is 0 Å². The molecule has 4 nitrogen and oxygen atoms in total. The Morgan fingerprint density at radius 3 is 2.69 bits per heavy atom. The third-order valence-corrected chi connectivity index (χ3v) is 5.75. The van der Waals surface area contributed by atoms with Crippen LogP contribution in [0, 0.1) is 5.92 Å². The van der Waals surface area contributed by atoms with E-state index < -0.39 is 0 Å². The first-order valence-corrected chi connectivity index (χ1v) is 9.92. The molecule has 1 aliphatic heterocycles. The van der Waals surface area contributed by atoms with Crippen LogP contribution >= 0.6 is 12.4 Å². The van der Waals surface area contributed by atoms with E-state index in [1.807, 2.05) is 0 Å². The molecule has 0 spiro atoms. The van der Waals surface area contributed by atoms with E-state index in [1.54, 1.807) is 0 Å². The van der Waals surface area contributed by atoms with Crippen LogP contribution in [-0.4, -0.2) is 43.9 Å². The summed E-state index contributed by atoms with van der Waals surface area (Å²) in [5.41, 5.74) is 1.40. The number of morpholine rings is 1. The highest BCUT2D eigenvalue weighted by Crippen LogP contribution is 2.30. The van der Waals surface area contributed by atoms with Gasteiger partial charge in [0.1, 0.15) is 0 Å². The Labute approximate surface area is 165 Å². The van der Waals surface area contributed by atoms with Gasteiger partial charge in [0.25, 0.3) is 0 Å². The second-order valence-corrected chi connectivity index (χ2v) is 8.38. The van der Waals surface area contributed by atoms with Crippen molar-refractivity contribution in [1.82, 2.24) is 16.0 Å². The zero-order valence-electron chi connectivity index (χ0n) is 16.5. The molecule has 1 aromatic carbocycles. The van der Waals surface area contributed by atoms with Gasteiger partial charge in [-0.25, -0.2) is 0 Å². The Hall–Kier alpha value is -0.650. The van der Waals surface area contributed by atoms with Crippen molar-refractivity contribution in [3.8, 4) is 0 Å². The van der Waals surface area contributed by atoms with Gasteiger partial charge in [-0.3, -0.25) is 0 Å². The van der Waals surface area contributed by atoms with E-state index in [9.17, 15) is 0 Å². The summed E-state index contributed by atoms with van der Waals surface area (Å²) in [4.78, 5) is 0. The lowest BCUT2D eigenvalue weighted by Crippen LogP contribution is -2.55. The molecule has 4 atom stereocenters. The molecule has 0 aromatic heterocycles. The molecule has 2 fully saturated rings. The number of rotatable bonds is 7. The second kappa shape index (κ2) is 10.0. The van der Waals surface area contributed by atoms with Crippen LogP contribution in [0.15, 0.2) is 30.3 Å². The van der Waals surface area contributed by atoms with E-state index in [2.05, 4.69) is 67.1 Å². The van der Waals surface area contributed by atoms with Crippen molar-refractivity contribution in [1.29, 1.82) is 0 Å². The van der Waals surface area contributed by atoms with Crippen LogP contribution in [0.5, 0.6) is 0 Å². The van der Waals surface area contributed by atoms with Crippen molar-refractivity contribution in [2.45, 2.75) is 63.7 Å². The lowest BCUT2D eigenvalue weighted by molar-refractivity contribution is 0.0520. The number of ether oxygens (including phenoxy) is 1. The van der Waals surface area contributed by atoms with E-state index >= 15 is 0 Å². The molecule has 1 aromatic rings. The van der Waals surface area contributed by atoms with Gasteiger partial charge in [-0.15, -0.1) is 12.4 Å². The molecule has 0 bridgehead atoms. The first-order valence-electron chi connectivity index (χ1n) is 9.92. The molecule has 5 heteroatoms. The summed E-state index contributed by atoms with van der Waals surface area (Å²) in [6.07, 6.45) is 3.93. The Balaban J connectivity index is 0.00000243. The van der Waals surface area contributed by atoms with Crippen LogP contribution < -0.4 is 16.0 Å². The van der Waals surface area contributed by atoms with Gasteiger partial charge in [0.15, 0.2) is 0 Å². The summed E-state index contributed by atoms with van der Waals surface area (Å²) in [6, 6.07) is 12.2. The third-order valence-electron chi connectivity index (χ3n) is 5.75. The Kier molecular flexibility index (Phi) is 8.37. The van der Waals surface area contributed by atoms with Crippen molar-refractivity contribution in [2.24, 2.45) is 5.92 Å². The molecular weight excluding hydrogens is 346 g/mol. The quantitative estimate of drug-likeness (QED) is 0.678. The minimum absolute atomic E-state index is 0. The maximum atomic E-state index is 5.69. The molecule has 0 radical (unpaired) electrons. The zero-order chi connectivity index (χ0) is 17.7. The van der Waals surface area contributed by atoms with Crippen LogP contribution in [0.4, 0.5) is 0 Å². The summed E-state index contributed by atoms with van der Waals surface area (Å²) in [7, 11) is 0. The monoisotopic (exact) mass is 381 g/mol. The predicted octanol–water partition coefficient (Wildman–Crippen LogP) is 3.28. The molecule has 1 saturated carbocycles. The molecule has 3 N–H and O–H groups in total. The van der Waals surface area contributed by atoms with Crippen LogP contribution in [-0.2, 0) is 4.74 Å². The number of nitrogens with one attached hydrogen (secondary N) is 3. The predicted molar refractivity (Wildman–Crippen MR) is 111 cm³/mol. The number of hydrogen-bond donors (Lipinski definition) is 3. The molecule has 2 aliphatic rings. The fourth-order valence-electron chi connectivity index (χ4n) is 4.43. The third kappa shape index (κ3) is 5.93. The molecule has 4 unspecified atom stereocenters. The van der Waals surface area contributed by atoms with Gasteiger partial charge in [0.2, 0.25) is 0 Å². The second-order valence-electron chi connectivity index (χ2n) is 8.38. The molecule has 1 heterocycles. The number of benzene rings is 1. The summed E-state index contributed by atoms with van der Waals surface area (Å²) in [6.45, 7) is 10.6. The minimum Gasteiger partial charge on any atom is -0.379 e. The Morgan fingerprint density at radius 1 is 1.23 bits per heavy atom. The molecule has 0 amide bonds. The highest BCUT2D eigenvalue weighted by molar-refractivity contribution is 5.85. The van der Waals surface area contributed by atoms with Gasteiger partial charge >= 0.3 is 0 Å². The van der Waals surface area contributed by atoms with E-state index in [0.29, 0.717) is 24.0 Å². The largest absolute Gasteiger partial charge is 0.379 e. The first kappa shape index (κ1) is 21.6. The summed E-state index contributed by atoms with van der Waals surface area (Å²) in [5.74, 6) is 0.697. The smallest absolute Gasteiger partial charge is 0.0623 e. The fraction of sp³-hybridized carbons (Fsp3) is 0.714. The van der Waals surface area contributed by atoms with Gasteiger partial charge in [-0.1, -0.05) is 36.8 Å². The molecular formula is C21H36ClN3O. The van der Waals surface area contributed by atoms with Gasteiger partial charge < -0.3 is 20.7 Å². The van der Waals surface area contributed by atoms with Gasteiger partial charge in [0.05, 0.1) is 13.2 Å². The average Bonchev–Trinajstić information content (AvgIpc) is 3.10. The number of halogens is 1. The van der Waals surface area contributed by atoms with Crippen molar-refractivity contribution >= 4 is 12.4 Å². The topological polar surface area (TPSA) is 45.3 Å². The van der Waals surface area contributed by atoms with Crippen LogP contribution in [0.1, 0.15) is 51.6 Å². The lowest BCUT2D eigenvalue weighted by Gasteiger charge is -2.36. The van der Waals surface area contributed by atoms with E-state index in [4.69, 9.17) is 4.74 Å². The normalized spacial score (nSPS) is 27.7. The molecule has 1 aliphatic carbocycles. The fourth-order valence-corrected chi connectivity index (χ4v) is 4.43.